The number of carbonyl (C=O) groups is 1. The van der Waals surface area contributed by atoms with Gasteiger partial charge in [-0.2, -0.15) is 5.10 Å². The first-order chi connectivity index (χ1) is 13.9. The molecule has 0 aliphatic heterocycles. The van der Waals surface area contributed by atoms with Gasteiger partial charge in [-0.05, 0) is 37.1 Å². The Morgan fingerprint density at radius 3 is 2.76 bits per heavy atom. The van der Waals surface area contributed by atoms with Crippen LogP contribution < -0.4 is 15.9 Å². The van der Waals surface area contributed by atoms with Gasteiger partial charge in [0, 0.05) is 24.2 Å². The van der Waals surface area contributed by atoms with Gasteiger partial charge in [-0.15, -0.1) is 11.3 Å². The minimum absolute atomic E-state index is 0.0661. The number of rotatable bonds is 7. The topological polar surface area (TPSA) is 111 Å². The van der Waals surface area contributed by atoms with Crippen molar-refractivity contribution in [1.82, 2.24) is 15.4 Å². The van der Waals surface area contributed by atoms with Crippen molar-refractivity contribution in [2.75, 3.05) is 25.1 Å². The van der Waals surface area contributed by atoms with Crippen LogP contribution in [0.5, 0.6) is 0 Å². The van der Waals surface area contributed by atoms with E-state index < -0.39 is 0 Å². The van der Waals surface area contributed by atoms with E-state index in [1.54, 1.807) is 6.21 Å². The molecule has 0 atom stereocenters. The van der Waals surface area contributed by atoms with Crippen LogP contribution in [0.15, 0.2) is 34.2 Å². The number of nitrogens with zero attached hydrogens (tertiary/aromatic N) is 3. The van der Waals surface area contributed by atoms with Crippen LogP contribution in [-0.2, 0) is 11.2 Å². The van der Waals surface area contributed by atoms with E-state index in [4.69, 9.17) is 5.11 Å². The number of aliphatic hydroxyl groups is 1. The maximum atomic E-state index is 12.3. The lowest BCUT2D eigenvalue weighted by atomic mass is 10.2. The maximum Gasteiger partial charge on any atom is 0.259 e. The third-order valence-electron chi connectivity index (χ3n) is 4.59. The van der Waals surface area contributed by atoms with Gasteiger partial charge in [0.2, 0.25) is 5.91 Å². The molecule has 3 aromatic rings. The smallest absolute Gasteiger partial charge is 0.259 e. The predicted octanol–water partition coefficient (Wildman–Crippen LogP) is 1.72. The molecule has 1 aromatic carbocycles. The number of anilines is 1. The van der Waals surface area contributed by atoms with Crippen LogP contribution in [0.4, 0.5) is 5.69 Å². The van der Waals surface area contributed by atoms with E-state index in [0.717, 1.165) is 21.7 Å². The van der Waals surface area contributed by atoms with Crippen molar-refractivity contribution in [2.45, 2.75) is 20.3 Å². The number of nitrogens with one attached hydrogen (secondary N) is 2. The van der Waals surface area contributed by atoms with Gasteiger partial charge < -0.3 is 15.0 Å². The van der Waals surface area contributed by atoms with Gasteiger partial charge in [-0.1, -0.05) is 12.1 Å². The van der Waals surface area contributed by atoms with Crippen molar-refractivity contribution in [3.8, 4) is 0 Å². The highest BCUT2D eigenvalue weighted by atomic mass is 32.1. The zero-order chi connectivity index (χ0) is 21.0. The molecule has 0 fully saturated rings. The average Bonchev–Trinajstić information content (AvgIpc) is 2.96. The number of aliphatic hydroxyl groups excluding tert-OH is 1. The van der Waals surface area contributed by atoms with Crippen molar-refractivity contribution >= 4 is 39.4 Å². The Bertz CT molecular complexity index is 1100. The Morgan fingerprint density at radius 2 is 2.07 bits per heavy atom. The number of hydrazone groups is 1. The molecule has 3 N–H and O–H groups in total. The second-order valence-electron chi connectivity index (χ2n) is 6.68. The number of aryl methyl sites for hydroxylation is 2. The van der Waals surface area contributed by atoms with Crippen LogP contribution in [0, 0.1) is 13.8 Å². The zero-order valence-electron chi connectivity index (χ0n) is 16.5. The number of fused-ring (bicyclic) bond motifs is 1. The average molecular weight is 414 g/mol. The Hall–Kier alpha value is -3.04. The number of carbonyl (C=O) groups excluding carboxylic acids is 1. The van der Waals surface area contributed by atoms with Crippen molar-refractivity contribution in [3.05, 3.63) is 56.4 Å². The maximum absolute atomic E-state index is 12.3. The summed E-state index contributed by atoms with van der Waals surface area (Å²) in [4.78, 5) is 35.1. The minimum atomic E-state index is -0.368. The molecule has 2 heterocycles. The van der Waals surface area contributed by atoms with Gasteiger partial charge in [-0.3, -0.25) is 9.59 Å². The van der Waals surface area contributed by atoms with Gasteiger partial charge in [0.05, 0.1) is 24.6 Å². The molecule has 0 spiro atoms. The lowest BCUT2D eigenvalue weighted by Crippen LogP contribution is -2.23. The highest BCUT2D eigenvalue weighted by Gasteiger charge is 2.13. The summed E-state index contributed by atoms with van der Waals surface area (Å²) in [6, 6.07) is 7.56. The van der Waals surface area contributed by atoms with E-state index in [1.807, 2.05) is 50.1 Å². The summed E-state index contributed by atoms with van der Waals surface area (Å²) < 4.78 is 0. The van der Waals surface area contributed by atoms with Crippen LogP contribution >= 0.6 is 11.3 Å². The summed E-state index contributed by atoms with van der Waals surface area (Å²) in [5.74, 6) is -0.0548. The second-order valence-corrected chi connectivity index (χ2v) is 7.89. The second kappa shape index (κ2) is 8.97. The fraction of sp³-hybridized carbons (Fsp3) is 0.300. The Morgan fingerprint density at radius 1 is 1.34 bits per heavy atom. The predicted molar refractivity (Wildman–Crippen MR) is 116 cm³/mol. The number of likely N-dealkylation sites (N-methyl/N-ethyl adjacent to an activating group) is 1. The molecule has 0 bridgehead atoms. The summed E-state index contributed by atoms with van der Waals surface area (Å²) >= 11 is 1.45. The molecule has 8 nitrogen and oxygen atoms in total. The monoisotopic (exact) mass is 413 g/mol. The first kappa shape index (κ1) is 20.7. The van der Waals surface area contributed by atoms with E-state index in [1.165, 1.54) is 11.3 Å². The van der Waals surface area contributed by atoms with Crippen LogP contribution in [-0.4, -0.2) is 47.4 Å². The molecule has 29 heavy (non-hydrogen) atoms. The Balaban J connectivity index is 1.61. The van der Waals surface area contributed by atoms with Crippen LogP contribution in [0.3, 0.4) is 0 Å². The number of hydrogen-bond acceptors (Lipinski definition) is 7. The normalized spacial score (nSPS) is 11.3. The molecular formula is C20H23N5O3S. The number of aromatic amines is 1. The van der Waals surface area contributed by atoms with E-state index in [0.29, 0.717) is 22.6 Å². The molecule has 0 saturated heterocycles. The lowest BCUT2D eigenvalue weighted by molar-refractivity contribution is -0.120. The largest absolute Gasteiger partial charge is 0.395 e. The van der Waals surface area contributed by atoms with Gasteiger partial charge in [0.1, 0.15) is 10.7 Å². The molecular weight excluding hydrogens is 390 g/mol. The fourth-order valence-corrected chi connectivity index (χ4v) is 3.90. The highest BCUT2D eigenvalue weighted by Crippen LogP contribution is 2.25. The first-order valence-corrected chi connectivity index (χ1v) is 9.93. The quantitative estimate of drug-likeness (QED) is 0.404. The lowest BCUT2D eigenvalue weighted by Gasteiger charge is -2.17. The molecule has 2 aromatic heterocycles. The molecule has 0 aliphatic carbocycles. The molecule has 0 radical (unpaired) electrons. The number of H-pyrrole nitrogens is 1. The SMILES string of the molecule is Cc1sc2nc(CC(=O)N/N=C\c3ccc(N(C)CCO)cc3)[nH]c(=O)c2c1C. The molecule has 9 heteroatoms. The highest BCUT2D eigenvalue weighted by molar-refractivity contribution is 7.18. The van der Waals surface area contributed by atoms with Crippen molar-refractivity contribution in [1.29, 1.82) is 0 Å². The molecule has 152 valence electrons. The molecule has 3 rings (SSSR count). The van der Waals surface area contributed by atoms with Crippen molar-refractivity contribution in [3.63, 3.8) is 0 Å². The van der Waals surface area contributed by atoms with E-state index in [9.17, 15) is 9.59 Å². The van der Waals surface area contributed by atoms with Crippen LogP contribution in [0.1, 0.15) is 21.8 Å². The molecule has 0 unspecified atom stereocenters. The number of hydrogen-bond donors (Lipinski definition) is 3. The number of thiophene rings is 1. The number of amides is 1. The molecule has 0 aliphatic rings. The van der Waals surface area contributed by atoms with E-state index >= 15 is 0 Å². The Labute approximate surface area is 171 Å². The van der Waals surface area contributed by atoms with Crippen molar-refractivity contribution in [2.24, 2.45) is 5.10 Å². The van der Waals surface area contributed by atoms with E-state index in [2.05, 4.69) is 20.5 Å². The van der Waals surface area contributed by atoms with Gasteiger partial charge in [0.25, 0.3) is 5.56 Å². The van der Waals surface area contributed by atoms with Gasteiger partial charge in [-0.25, -0.2) is 10.4 Å². The summed E-state index contributed by atoms with van der Waals surface area (Å²) in [6.07, 6.45) is 1.47. The number of aromatic nitrogens is 2. The van der Waals surface area contributed by atoms with Crippen LogP contribution in [0.2, 0.25) is 0 Å². The molecule has 1 amide bonds. The number of benzene rings is 1. The standard InChI is InChI=1S/C20H23N5O3S/c1-12-13(2)29-20-18(12)19(28)22-16(23-20)10-17(27)24-21-11-14-4-6-15(7-5-14)25(3)8-9-26/h4-7,11,26H,8-10H2,1-3H3,(H,24,27)(H,22,23,28)/b21-11-. The van der Waals surface area contributed by atoms with Crippen LogP contribution in [0.25, 0.3) is 10.2 Å². The van der Waals surface area contributed by atoms with Gasteiger partial charge in [0.15, 0.2) is 0 Å². The minimum Gasteiger partial charge on any atom is -0.395 e. The van der Waals surface area contributed by atoms with E-state index in [-0.39, 0.29) is 24.5 Å². The first-order valence-electron chi connectivity index (χ1n) is 9.12. The van der Waals surface area contributed by atoms with Crippen molar-refractivity contribution < 1.29 is 9.90 Å². The third-order valence-corrected chi connectivity index (χ3v) is 5.69. The summed E-state index contributed by atoms with van der Waals surface area (Å²) in [7, 11) is 1.90. The fourth-order valence-electron chi connectivity index (χ4n) is 2.85. The summed E-state index contributed by atoms with van der Waals surface area (Å²) in [5, 5.41) is 13.5. The Kier molecular flexibility index (Phi) is 6.40. The third kappa shape index (κ3) is 4.87. The zero-order valence-corrected chi connectivity index (χ0v) is 17.3. The van der Waals surface area contributed by atoms with Gasteiger partial charge >= 0.3 is 0 Å². The molecule has 0 saturated carbocycles. The summed E-state index contributed by atoms with van der Waals surface area (Å²) in [5.41, 5.74) is 4.95. The summed E-state index contributed by atoms with van der Waals surface area (Å²) in [6.45, 7) is 4.48.